The van der Waals surface area contributed by atoms with Crippen molar-refractivity contribution in [3.8, 4) is 5.75 Å². The molecule has 4 nitrogen and oxygen atoms in total. The van der Waals surface area contributed by atoms with Gasteiger partial charge in [0.2, 0.25) is 8.32 Å². The number of esters is 1. The zero-order valence-corrected chi connectivity index (χ0v) is 30.0. The Morgan fingerprint density at radius 2 is 1.67 bits per heavy atom. The fourth-order valence-electron chi connectivity index (χ4n) is 7.06. The van der Waals surface area contributed by atoms with Crippen LogP contribution in [0.5, 0.6) is 5.75 Å². The van der Waals surface area contributed by atoms with Crippen LogP contribution in [0.25, 0.3) is 0 Å². The van der Waals surface area contributed by atoms with Gasteiger partial charge in [0.05, 0.1) is 6.10 Å². The second-order valence-corrected chi connectivity index (χ2v) is 25.9. The summed E-state index contributed by atoms with van der Waals surface area (Å²) in [7, 11) is -3.90. The van der Waals surface area contributed by atoms with Gasteiger partial charge in [-0.3, -0.25) is 4.79 Å². The van der Waals surface area contributed by atoms with Crippen LogP contribution in [0.3, 0.4) is 0 Å². The van der Waals surface area contributed by atoms with Crippen molar-refractivity contribution in [1.29, 1.82) is 0 Å². The van der Waals surface area contributed by atoms with Crippen LogP contribution in [0.4, 0.5) is 0 Å². The van der Waals surface area contributed by atoms with Gasteiger partial charge in [-0.05, 0) is 109 Å². The molecular formula is C32H53BrO4Si2. The van der Waals surface area contributed by atoms with Crippen molar-refractivity contribution < 1.29 is 18.4 Å². The number of ether oxygens (including phenoxy) is 1. The quantitative estimate of drug-likeness (QED) is 0.177. The third kappa shape index (κ3) is 5.85. The largest absolute Gasteiger partial charge is 0.543 e. The van der Waals surface area contributed by atoms with Gasteiger partial charge in [0.15, 0.2) is 8.32 Å². The molecule has 0 amide bonds. The van der Waals surface area contributed by atoms with Gasteiger partial charge in [0, 0.05) is 5.41 Å². The summed E-state index contributed by atoms with van der Waals surface area (Å²) in [5.74, 6) is 2.53. The average Bonchev–Trinajstić information content (AvgIpc) is 3.07. The van der Waals surface area contributed by atoms with E-state index in [0.29, 0.717) is 17.8 Å². The molecule has 39 heavy (non-hydrogen) atoms. The molecule has 0 aliphatic heterocycles. The lowest BCUT2D eigenvalue weighted by Crippen LogP contribution is -2.50. The molecule has 220 valence electrons. The first-order valence-electron chi connectivity index (χ1n) is 15.1. The molecule has 0 aromatic heterocycles. The van der Waals surface area contributed by atoms with E-state index in [2.05, 4.69) is 109 Å². The molecule has 0 N–H and O–H groups in total. The SMILES string of the molecule is CC(C)(C)[Si](C)(C)Oc1ccc2c(c1)CCC1C2CC[C@@]2(C)C1C[C@@H](O[Si](C)(C)C(C)(C)C)[C@@H]2OC(=O)CBr. The van der Waals surface area contributed by atoms with Gasteiger partial charge in [-0.25, -0.2) is 0 Å². The summed E-state index contributed by atoms with van der Waals surface area (Å²) in [5.41, 5.74) is 2.96. The molecule has 6 atom stereocenters. The fraction of sp³-hybridized carbons (Fsp3) is 0.781. The Morgan fingerprint density at radius 3 is 2.26 bits per heavy atom. The lowest BCUT2D eigenvalue weighted by Gasteiger charge is -2.50. The average molecular weight is 638 g/mol. The Morgan fingerprint density at radius 1 is 1.03 bits per heavy atom. The summed E-state index contributed by atoms with van der Waals surface area (Å²) in [6, 6.07) is 6.95. The summed E-state index contributed by atoms with van der Waals surface area (Å²) in [6.45, 7) is 25.5. The van der Waals surface area contributed by atoms with Crippen LogP contribution < -0.4 is 4.43 Å². The lowest BCUT2D eigenvalue weighted by atomic mass is 9.55. The van der Waals surface area contributed by atoms with Crippen molar-refractivity contribution in [2.45, 2.75) is 135 Å². The van der Waals surface area contributed by atoms with E-state index in [9.17, 15) is 4.79 Å². The predicted octanol–water partition coefficient (Wildman–Crippen LogP) is 9.23. The molecule has 2 fully saturated rings. The summed E-state index contributed by atoms with van der Waals surface area (Å²) < 4.78 is 20.0. The zero-order chi connectivity index (χ0) is 29.2. The minimum absolute atomic E-state index is 0.0237. The van der Waals surface area contributed by atoms with E-state index < -0.39 is 16.6 Å². The number of hydrogen-bond donors (Lipinski definition) is 0. The van der Waals surface area contributed by atoms with Gasteiger partial charge in [0.25, 0.3) is 0 Å². The van der Waals surface area contributed by atoms with Gasteiger partial charge in [0.1, 0.15) is 17.2 Å². The number of aryl methyl sites for hydroxylation is 1. The Balaban J connectivity index is 1.61. The maximum atomic E-state index is 12.6. The monoisotopic (exact) mass is 636 g/mol. The molecule has 0 radical (unpaired) electrons. The summed E-state index contributed by atoms with van der Waals surface area (Å²) in [5, 5.41) is 0.528. The first kappa shape index (κ1) is 31.3. The van der Waals surface area contributed by atoms with E-state index in [0.717, 1.165) is 31.4 Å². The van der Waals surface area contributed by atoms with Gasteiger partial charge < -0.3 is 13.6 Å². The minimum atomic E-state index is -2.02. The molecular weight excluding hydrogens is 584 g/mol. The molecule has 0 heterocycles. The van der Waals surface area contributed by atoms with E-state index >= 15 is 0 Å². The van der Waals surface area contributed by atoms with E-state index in [1.807, 2.05) is 0 Å². The van der Waals surface area contributed by atoms with Crippen LogP contribution in [-0.4, -0.2) is 40.1 Å². The van der Waals surface area contributed by atoms with Crippen molar-refractivity contribution in [2.24, 2.45) is 17.3 Å². The van der Waals surface area contributed by atoms with Crippen LogP contribution in [-0.2, 0) is 20.4 Å². The second kappa shape index (κ2) is 10.6. The molecule has 7 heteroatoms. The maximum absolute atomic E-state index is 12.6. The summed E-state index contributed by atoms with van der Waals surface area (Å²) in [4.78, 5) is 12.6. The number of carbonyl (C=O) groups excluding carboxylic acids is 1. The van der Waals surface area contributed by atoms with Gasteiger partial charge in [-0.15, -0.1) is 0 Å². The molecule has 0 saturated heterocycles. The van der Waals surface area contributed by atoms with Gasteiger partial charge >= 0.3 is 5.97 Å². The highest BCUT2D eigenvalue weighted by atomic mass is 79.9. The third-order valence-corrected chi connectivity index (χ3v) is 20.7. The van der Waals surface area contributed by atoms with Gasteiger partial charge in [-0.1, -0.05) is 70.5 Å². The number of hydrogen-bond acceptors (Lipinski definition) is 4. The van der Waals surface area contributed by atoms with Crippen molar-refractivity contribution in [3.63, 3.8) is 0 Å². The highest BCUT2D eigenvalue weighted by molar-refractivity contribution is 9.09. The minimum Gasteiger partial charge on any atom is -0.543 e. The van der Waals surface area contributed by atoms with Crippen molar-refractivity contribution in [3.05, 3.63) is 29.3 Å². The molecule has 3 aliphatic rings. The van der Waals surface area contributed by atoms with Crippen LogP contribution in [0.2, 0.25) is 36.3 Å². The molecule has 4 rings (SSSR count). The standard InChI is InChI=1S/C32H53BrO4Si2/c1-30(2,3)38(8,9)36-22-13-15-23-21(18-22)12-14-25-24(23)16-17-32(7)26(25)19-27(29(32)35-28(34)20-33)37-39(10,11)31(4,5)6/h13,15,18,24-27,29H,12,14,16-17,19-20H2,1-11H3/t24?,25?,26?,27-,29+,32+/m1/s1. The first-order valence-corrected chi connectivity index (χ1v) is 22.0. The van der Waals surface area contributed by atoms with Crippen LogP contribution in [0, 0.1) is 17.3 Å². The smallest absolute Gasteiger partial charge is 0.316 e. The Labute approximate surface area is 248 Å². The molecule has 3 aliphatic carbocycles. The Bertz CT molecular complexity index is 1070. The maximum Gasteiger partial charge on any atom is 0.316 e. The van der Waals surface area contributed by atoms with E-state index in [1.54, 1.807) is 0 Å². The highest BCUT2D eigenvalue weighted by Crippen LogP contribution is 2.62. The van der Waals surface area contributed by atoms with Crippen LogP contribution in [0.15, 0.2) is 18.2 Å². The molecule has 3 unspecified atom stereocenters. The zero-order valence-electron chi connectivity index (χ0n) is 26.4. The van der Waals surface area contributed by atoms with Crippen molar-refractivity contribution in [1.82, 2.24) is 0 Å². The normalized spacial score (nSPS) is 31.2. The van der Waals surface area contributed by atoms with E-state index in [1.165, 1.54) is 17.5 Å². The first-order chi connectivity index (χ1) is 17.8. The van der Waals surface area contributed by atoms with Crippen molar-refractivity contribution in [2.75, 3.05) is 5.33 Å². The Kier molecular flexibility index (Phi) is 8.49. The predicted molar refractivity (Wildman–Crippen MR) is 170 cm³/mol. The van der Waals surface area contributed by atoms with Crippen molar-refractivity contribution >= 4 is 38.5 Å². The summed E-state index contributed by atoms with van der Waals surface area (Å²) in [6.07, 6.45) is 5.28. The third-order valence-electron chi connectivity index (χ3n) is 11.4. The van der Waals surface area contributed by atoms with E-state index in [-0.39, 0.29) is 39.0 Å². The number of carbonyl (C=O) groups is 1. The fourth-order valence-corrected chi connectivity index (χ4v) is 9.55. The lowest BCUT2D eigenvalue weighted by molar-refractivity contribution is -0.159. The number of fused-ring (bicyclic) bond motifs is 5. The molecule has 1 aromatic rings. The summed E-state index contributed by atoms with van der Waals surface area (Å²) >= 11 is 3.33. The highest BCUT2D eigenvalue weighted by Gasteiger charge is 2.61. The van der Waals surface area contributed by atoms with Crippen LogP contribution >= 0.6 is 15.9 Å². The molecule has 1 aromatic carbocycles. The van der Waals surface area contributed by atoms with E-state index in [4.69, 9.17) is 13.6 Å². The number of rotatable bonds is 6. The number of benzene rings is 1. The van der Waals surface area contributed by atoms with Crippen LogP contribution in [0.1, 0.15) is 91.2 Å². The molecule has 2 saturated carbocycles. The molecule has 0 spiro atoms. The second-order valence-electron chi connectivity index (χ2n) is 15.9. The van der Waals surface area contributed by atoms with Gasteiger partial charge in [-0.2, -0.15) is 0 Å². The number of halogens is 1. The Hall–Kier alpha value is -0.636. The topological polar surface area (TPSA) is 44.8 Å². The molecule has 0 bridgehead atoms. The number of alkyl halides is 1.